The first-order valence-electron chi connectivity index (χ1n) is 8.74. The van der Waals surface area contributed by atoms with E-state index >= 15 is 0 Å². The van der Waals surface area contributed by atoms with E-state index in [2.05, 4.69) is 24.0 Å². The number of aryl methyl sites for hydroxylation is 1. The van der Waals surface area contributed by atoms with Crippen molar-refractivity contribution < 1.29 is 19.0 Å². The van der Waals surface area contributed by atoms with Crippen LogP contribution in [0, 0.1) is 0 Å². The molecule has 5 heteroatoms. The lowest BCUT2D eigenvalue weighted by atomic mass is 10.1. The van der Waals surface area contributed by atoms with Crippen LogP contribution in [0.1, 0.15) is 36.5 Å². The molecular formula is C21H19NO4. The zero-order valence-corrected chi connectivity index (χ0v) is 14.5. The molecule has 0 amide bonds. The summed E-state index contributed by atoms with van der Waals surface area (Å²) in [6, 6.07) is 13.5. The lowest BCUT2D eigenvalue weighted by Gasteiger charge is -2.02. The minimum Gasteiger partial charge on any atom is -0.454 e. The highest BCUT2D eigenvalue weighted by molar-refractivity contribution is 6.12. The van der Waals surface area contributed by atoms with Gasteiger partial charge in [-0.15, -0.1) is 0 Å². The molecule has 0 N–H and O–H groups in total. The third kappa shape index (κ3) is 3.33. The molecule has 0 radical (unpaired) electrons. The van der Waals surface area contributed by atoms with Gasteiger partial charge in [-0.05, 0) is 54.3 Å². The minimum atomic E-state index is -0.451. The Labute approximate surface area is 151 Å². The second kappa shape index (κ2) is 7.04. The van der Waals surface area contributed by atoms with Crippen molar-refractivity contribution in [3.8, 4) is 11.5 Å². The smallest absolute Gasteiger partial charge is 0.363 e. The molecule has 0 bridgehead atoms. The molecule has 0 spiro atoms. The Bertz CT molecular complexity index is 897. The van der Waals surface area contributed by atoms with Crippen molar-refractivity contribution >= 4 is 17.9 Å². The maximum absolute atomic E-state index is 12.1. The number of rotatable bonds is 5. The molecule has 0 aliphatic carbocycles. The van der Waals surface area contributed by atoms with Gasteiger partial charge in [-0.1, -0.05) is 31.5 Å². The van der Waals surface area contributed by atoms with Gasteiger partial charge >= 0.3 is 5.97 Å². The summed E-state index contributed by atoms with van der Waals surface area (Å²) < 4.78 is 16.0. The highest BCUT2D eigenvalue weighted by atomic mass is 16.7. The molecule has 2 aliphatic rings. The van der Waals surface area contributed by atoms with Gasteiger partial charge in [0.05, 0.1) is 0 Å². The number of esters is 1. The third-order valence-electron chi connectivity index (χ3n) is 4.34. The molecule has 2 aliphatic heterocycles. The Morgan fingerprint density at radius 1 is 1.08 bits per heavy atom. The number of ether oxygens (including phenoxy) is 3. The Morgan fingerprint density at radius 2 is 1.88 bits per heavy atom. The minimum absolute atomic E-state index is 0.216. The van der Waals surface area contributed by atoms with Crippen LogP contribution in [0.3, 0.4) is 0 Å². The Morgan fingerprint density at radius 3 is 2.69 bits per heavy atom. The summed E-state index contributed by atoms with van der Waals surface area (Å²) in [6.45, 7) is 2.39. The van der Waals surface area contributed by atoms with Crippen LogP contribution in [-0.4, -0.2) is 18.7 Å². The number of unbranched alkanes of at least 4 members (excludes halogenated alkanes) is 1. The molecule has 0 saturated carbocycles. The average molecular weight is 349 g/mol. The molecular weight excluding hydrogens is 330 g/mol. The van der Waals surface area contributed by atoms with Crippen molar-refractivity contribution in [2.75, 3.05) is 6.79 Å². The van der Waals surface area contributed by atoms with Gasteiger partial charge in [-0.3, -0.25) is 0 Å². The van der Waals surface area contributed by atoms with Crippen LogP contribution in [0.2, 0.25) is 0 Å². The van der Waals surface area contributed by atoms with Gasteiger partial charge in [-0.2, -0.15) is 0 Å². The van der Waals surface area contributed by atoms with Gasteiger partial charge in [0, 0.05) is 5.56 Å². The molecule has 0 atom stereocenters. The van der Waals surface area contributed by atoms with Gasteiger partial charge in [0.25, 0.3) is 0 Å². The predicted molar refractivity (Wildman–Crippen MR) is 98.2 cm³/mol. The fraction of sp³-hybridized carbons (Fsp3) is 0.238. The van der Waals surface area contributed by atoms with E-state index in [-0.39, 0.29) is 12.5 Å². The standard InChI is InChI=1S/C21H19NO4/c1-2-3-4-14-5-8-16(9-6-14)20-22-17(21(23)26-20)11-15-7-10-18-19(12-15)25-13-24-18/h5-12H,2-4,13H2,1H3/b17-11-. The zero-order chi connectivity index (χ0) is 17.9. The summed E-state index contributed by atoms with van der Waals surface area (Å²) >= 11 is 0. The molecule has 2 aromatic rings. The Balaban J connectivity index is 1.55. The molecule has 4 rings (SSSR count). The number of hydrogen-bond donors (Lipinski definition) is 0. The van der Waals surface area contributed by atoms with Gasteiger partial charge in [-0.25, -0.2) is 9.79 Å². The summed E-state index contributed by atoms with van der Waals surface area (Å²) in [7, 11) is 0. The molecule has 0 saturated heterocycles. The maximum Gasteiger partial charge on any atom is 0.363 e. The third-order valence-corrected chi connectivity index (χ3v) is 4.34. The van der Waals surface area contributed by atoms with E-state index in [0.29, 0.717) is 17.4 Å². The van der Waals surface area contributed by atoms with E-state index in [9.17, 15) is 4.79 Å². The number of carbonyl (C=O) groups is 1. The number of benzene rings is 2. The van der Waals surface area contributed by atoms with Gasteiger partial charge in [0.2, 0.25) is 12.7 Å². The largest absolute Gasteiger partial charge is 0.454 e. The highest BCUT2D eigenvalue weighted by Gasteiger charge is 2.24. The summed E-state index contributed by atoms with van der Waals surface area (Å²) in [5, 5.41) is 0. The maximum atomic E-state index is 12.1. The molecule has 5 nitrogen and oxygen atoms in total. The van der Waals surface area contributed by atoms with Gasteiger partial charge in [0.15, 0.2) is 17.2 Å². The van der Waals surface area contributed by atoms with E-state index in [1.807, 2.05) is 30.3 Å². The second-order valence-corrected chi connectivity index (χ2v) is 6.25. The molecule has 0 aromatic heterocycles. The van der Waals surface area contributed by atoms with Crippen molar-refractivity contribution in [3.63, 3.8) is 0 Å². The van der Waals surface area contributed by atoms with Gasteiger partial charge < -0.3 is 14.2 Å². The van der Waals surface area contributed by atoms with Crippen LogP contribution in [0.5, 0.6) is 11.5 Å². The van der Waals surface area contributed by atoms with Crippen LogP contribution in [0.25, 0.3) is 6.08 Å². The summed E-state index contributed by atoms with van der Waals surface area (Å²) in [4.78, 5) is 16.5. The average Bonchev–Trinajstić information content (AvgIpc) is 3.27. The Hall–Kier alpha value is -3.08. The van der Waals surface area contributed by atoms with E-state index in [1.54, 1.807) is 6.08 Å². The van der Waals surface area contributed by atoms with Crippen molar-refractivity contribution in [2.45, 2.75) is 26.2 Å². The normalized spacial score (nSPS) is 16.7. The van der Waals surface area contributed by atoms with Gasteiger partial charge in [0.1, 0.15) is 0 Å². The van der Waals surface area contributed by atoms with E-state index in [1.165, 1.54) is 12.0 Å². The fourth-order valence-electron chi connectivity index (χ4n) is 2.89. The number of fused-ring (bicyclic) bond motifs is 1. The molecule has 0 fully saturated rings. The van der Waals surface area contributed by atoms with Crippen molar-refractivity contribution in [1.82, 2.24) is 0 Å². The van der Waals surface area contributed by atoms with E-state index in [0.717, 1.165) is 24.0 Å². The highest BCUT2D eigenvalue weighted by Crippen LogP contribution is 2.33. The number of cyclic esters (lactones) is 1. The predicted octanol–water partition coefficient (Wildman–Crippen LogP) is 4.10. The molecule has 0 unspecified atom stereocenters. The van der Waals surface area contributed by atoms with Crippen LogP contribution >= 0.6 is 0 Å². The van der Waals surface area contributed by atoms with Crippen LogP contribution in [0.4, 0.5) is 0 Å². The van der Waals surface area contributed by atoms with Crippen molar-refractivity contribution in [3.05, 3.63) is 64.9 Å². The summed E-state index contributed by atoms with van der Waals surface area (Å²) in [5.74, 6) is 1.25. The molecule has 26 heavy (non-hydrogen) atoms. The van der Waals surface area contributed by atoms with Crippen molar-refractivity contribution in [1.29, 1.82) is 0 Å². The first-order valence-corrected chi connectivity index (χ1v) is 8.74. The monoisotopic (exact) mass is 349 g/mol. The van der Waals surface area contributed by atoms with Crippen LogP contribution in [0.15, 0.2) is 53.2 Å². The quantitative estimate of drug-likeness (QED) is 0.602. The van der Waals surface area contributed by atoms with Crippen LogP contribution < -0.4 is 9.47 Å². The molecule has 2 aromatic carbocycles. The first kappa shape index (κ1) is 16.4. The lowest BCUT2D eigenvalue weighted by molar-refractivity contribution is -0.129. The lowest BCUT2D eigenvalue weighted by Crippen LogP contribution is -2.05. The summed E-state index contributed by atoms with van der Waals surface area (Å²) in [6.07, 6.45) is 5.07. The van der Waals surface area contributed by atoms with E-state index < -0.39 is 5.97 Å². The zero-order valence-electron chi connectivity index (χ0n) is 14.5. The number of carbonyl (C=O) groups excluding carboxylic acids is 1. The van der Waals surface area contributed by atoms with Crippen LogP contribution in [-0.2, 0) is 16.0 Å². The molecule has 132 valence electrons. The summed E-state index contributed by atoms with van der Waals surface area (Å²) in [5.41, 5.74) is 3.15. The molecule has 2 heterocycles. The number of hydrogen-bond acceptors (Lipinski definition) is 5. The fourth-order valence-corrected chi connectivity index (χ4v) is 2.89. The Kier molecular flexibility index (Phi) is 4.44. The number of aliphatic imine (C=N–C) groups is 1. The van der Waals surface area contributed by atoms with E-state index in [4.69, 9.17) is 14.2 Å². The number of nitrogens with zero attached hydrogens (tertiary/aromatic N) is 1. The second-order valence-electron chi connectivity index (χ2n) is 6.25. The van der Waals surface area contributed by atoms with Crippen molar-refractivity contribution in [2.24, 2.45) is 4.99 Å². The first-order chi connectivity index (χ1) is 12.7. The topological polar surface area (TPSA) is 57.1 Å². The SMILES string of the molecule is CCCCc1ccc(C2=N/C(=C\c3ccc4c(c3)OCO4)C(=O)O2)cc1.